The molecule has 0 N–H and O–H groups in total. The summed E-state index contributed by atoms with van der Waals surface area (Å²) in [5.74, 6) is 1.95. The van der Waals surface area contributed by atoms with Gasteiger partial charge in [-0.1, -0.05) is 12.2 Å². The SMILES string of the molecule is CC[N+](C)(CC)CC[N+]1(C)C[C@H]2CC=CC[C@H]2C1. The van der Waals surface area contributed by atoms with Crippen molar-refractivity contribution in [1.29, 1.82) is 0 Å². The Hall–Kier alpha value is -0.340. The summed E-state index contributed by atoms with van der Waals surface area (Å²) in [6, 6.07) is 0. The van der Waals surface area contributed by atoms with Crippen molar-refractivity contribution in [2.45, 2.75) is 26.7 Å². The molecule has 1 fully saturated rings. The van der Waals surface area contributed by atoms with Crippen LogP contribution in [0.4, 0.5) is 0 Å². The third-order valence-corrected chi connectivity index (χ3v) is 5.77. The number of fused-ring (bicyclic) bond motifs is 1. The number of likely N-dealkylation sites (N-methyl/N-ethyl adjacent to an activating group) is 2. The fourth-order valence-electron chi connectivity index (χ4n) is 3.79. The van der Waals surface area contributed by atoms with Crippen LogP contribution in [0.25, 0.3) is 0 Å². The van der Waals surface area contributed by atoms with Crippen molar-refractivity contribution < 1.29 is 8.97 Å². The summed E-state index contributed by atoms with van der Waals surface area (Å²) in [5, 5.41) is 0. The first-order valence-corrected chi connectivity index (χ1v) is 7.82. The Morgan fingerprint density at radius 3 is 2.00 bits per heavy atom. The Balaban J connectivity index is 1.90. The normalized spacial score (nSPS) is 35.8. The molecule has 18 heavy (non-hydrogen) atoms. The molecule has 0 aromatic carbocycles. The number of allylic oxidation sites excluding steroid dienone is 2. The van der Waals surface area contributed by atoms with Crippen LogP contribution >= 0.6 is 0 Å². The van der Waals surface area contributed by atoms with Crippen LogP contribution in [0.3, 0.4) is 0 Å². The molecule has 2 heteroatoms. The molecule has 0 spiro atoms. The monoisotopic (exact) mass is 252 g/mol. The fraction of sp³-hybridized carbons (Fsp3) is 0.875. The van der Waals surface area contributed by atoms with E-state index >= 15 is 0 Å². The molecule has 0 aromatic heterocycles. The zero-order valence-corrected chi connectivity index (χ0v) is 12.9. The lowest BCUT2D eigenvalue weighted by atomic mass is 9.86. The van der Waals surface area contributed by atoms with Crippen LogP contribution in [0.15, 0.2) is 12.2 Å². The Morgan fingerprint density at radius 2 is 1.56 bits per heavy atom. The summed E-state index contributed by atoms with van der Waals surface area (Å²) in [7, 11) is 4.91. The maximum absolute atomic E-state index is 2.49. The molecule has 1 aliphatic heterocycles. The Morgan fingerprint density at radius 1 is 1.06 bits per heavy atom. The standard InChI is InChI=1S/C16H32N2/c1-5-17(3,6-2)11-12-18(4)13-15-9-7-8-10-16(15)14-18/h7-8,15-16H,5-6,9-14H2,1-4H3/q+2/t15-,16+,18?. The van der Waals surface area contributed by atoms with E-state index in [4.69, 9.17) is 0 Å². The van der Waals surface area contributed by atoms with Crippen molar-refractivity contribution in [3.8, 4) is 0 Å². The Labute approximate surface area is 113 Å². The van der Waals surface area contributed by atoms with Gasteiger partial charge in [0, 0.05) is 11.8 Å². The molecular formula is C16H32N2+2. The van der Waals surface area contributed by atoms with Gasteiger partial charge < -0.3 is 8.97 Å². The van der Waals surface area contributed by atoms with Crippen LogP contribution < -0.4 is 0 Å². The van der Waals surface area contributed by atoms with Gasteiger partial charge in [-0.25, -0.2) is 0 Å². The zero-order chi connectivity index (χ0) is 13.2. The largest absolute Gasteiger partial charge is 0.322 e. The van der Waals surface area contributed by atoms with Crippen LogP contribution in [-0.2, 0) is 0 Å². The van der Waals surface area contributed by atoms with Gasteiger partial charge in [-0.2, -0.15) is 0 Å². The van der Waals surface area contributed by atoms with Crippen molar-refractivity contribution >= 4 is 0 Å². The van der Waals surface area contributed by atoms with Crippen LogP contribution in [0.2, 0.25) is 0 Å². The zero-order valence-electron chi connectivity index (χ0n) is 12.9. The molecule has 2 aliphatic rings. The highest BCUT2D eigenvalue weighted by Crippen LogP contribution is 2.36. The topological polar surface area (TPSA) is 0 Å². The van der Waals surface area contributed by atoms with E-state index in [0.29, 0.717) is 0 Å². The lowest BCUT2D eigenvalue weighted by Crippen LogP contribution is -2.53. The second-order valence-corrected chi connectivity index (χ2v) is 7.15. The highest BCUT2D eigenvalue weighted by atomic mass is 15.4. The summed E-state index contributed by atoms with van der Waals surface area (Å²) in [5.41, 5.74) is 0. The second-order valence-electron chi connectivity index (χ2n) is 7.15. The predicted molar refractivity (Wildman–Crippen MR) is 78.3 cm³/mol. The number of rotatable bonds is 5. The van der Waals surface area contributed by atoms with E-state index in [1.807, 2.05) is 0 Å². The molecular weight excluding hydrogens is 220 g/mol. The molecule has 104 valence electrons. The van der Waals surface area contributed by atoms with E-state index in [9.17, 15) is 0 Å². The first-order valence-electron chi connectivity index (χ1n) is 7.82. The number of hydrogen-bond acceptors (Lipinski definition) is 0. The highest BCUT2D eigenvalue weighted by molar-refractivity contribution is 4.96. The summed E-state index contributed by atoms with van der Waals surface area (Å²) < 4.78 is 2.56. The minimum absolute atomic E-state index is 0.974. The van der Waals surface area contributed by atoms with Crippen molar-refractivity contribution in [2.24, 2.45) is 11.8 Å². The Bertz CT molecular complexity index is 288. The fourth-order valence-corrected chi connectivity index (χ4v) is 3.79. The maximum atomic E-state index is 2.49. The lowest BCUT2D eigenvalue weighted by Gasteiger charge is -2.37. The number of nitrogens with zero attached hydrogens (tertiary/aromatic N) is 2. The van der Waals surface area contributed by atoms with E-state index in [2.05, 4.69) is 40.1 Å². The van der Waals surface area contributed by atoms with Gasteiger partial charge in [-0.3, -0.25) is 0 Å². The quantitative estimate of drug-likeness (QED) is 0.521. The van der Waals surface area contributed by atoms with Gasteiger partial charge in [0.2, 0.25) is 0 Å². The minimum atomic E-state index is 0.974. The summed E-state index contributed by atoms with van der Waals surface area (Å²) in [4.78, 5) is 0. The van der Waals surface area contributed by atoms with E-state index in [0.717, 1.165) is 11.8 Å². The van der Waals surface area contributed by atoms with Crippen molar-refractivity contribution in [1.82, 2.24) is 0 Å². The van der Waals surface area contributed by atoms with Gasteiger partial charge >= 0.3 is 0 Å². The average Bonchev–Trinajstić information content (AvgIpc) is 2.73. The van der Waals surface area contributed by atoms with Gasteiger partial charge in [-0.05, 0) is 26.7 Å². The smallest absolute Gasteiger partial charge is 0.128 e. The number of quaternary nitrogens is 2. The highest BCUT2D eigenvalue weighted by Gasteiger charge is 2.43. The van der Waals surface area contributed by atoms with Crippen molar-refractivity contribution in [3.05, 3.63) is 12.2 Å². The molecule has 1 saturated heterocycles. The van der Waals surface area contributed by atoms with Gasteiger partial charge in [0.05, 0.1) is 40.3 Å². The minimum Gasteiger partial charge on any atom is -0.322 e. The van der Waals surface area contributed by atoms with E-state index in [1.54, 1.807) is 0 Å². The van der Waals surface area contributed by atoms with Crippen LogP contribution in [0.1, 0.15) is 26.7 Å². The molecule has 0 amide bonds. The Kier molecular flexibility index (Phi) is 4.18. The lowest BCUT2D eigenvalue weighted by molar-refractivity contribution is -0.958. The molecule has 0 saturated carbocycles. The molecule has 1 heterocycles. The molecule has 1 unspecified atom stereocenters. The maximum Gasteiger partial charge on any atom is 0.128 e. The summed E-state index contributed by atoms with van der Waals surface area (Å²) >= 11 is 0. The van der Waals surface area contributed by atoms with E-state index in [-0.39, 0.29) is 0 Å². The molecule has 0 aromatic rings. The van der Waals surface area contributed by atoms with Gasteiger partial charge in [0.1, 0.15) is 13.1 Å². The first kappa shape index (κ1) is 14.1. The average molecular weight is 252 g/mol. The number of likely N-dealkylation sites (tertiary alicyclic amines) is 1. The van der Waals surface area contributed by atoms with Gasteiger partial charge in [0.15, 0.2) is 0 Å². The molecule has 3 atom stereocenters. The third-order valence-electron chi connectivity index (χ3n) is 5.77. The molecule has 2 rings (SSSR count). The predicted octanol–water partition coefficient (Wildman–Crippen LogP) is 2.52. The van der Waals surface area contributed by atoms with Crippen LogP contribution in [-0.4, -0.2) is 62.3 Å². The number of hydrogen-bond donors (Lipinski definition) is 0. The summed E-state index contributed by atoms with van der Waals surface area (Å²) in [6.07, 6.45) is 7.50. The van der Waals surface area contributed by atoms with E-state index < -0.39 is 0 Å². The second kappa shape index (κ2) is 5.34. The van der Waals surface area contributed by atoms with Gasteiger partial charge in [-0.15, -0.1) is 0 Å². The molecule has 0 radical (unpaired) electrons. The van der Waals surface area contributed by atoms with Crippen LogP contribution in [0, 0.1) is 11.8 Å². The van der Waals surface area contributed by atoms with Crippen molar-refractivity contribution in [3.63, 3.8) is 0 Å². The molecule has 0 bridgehead atoms. The van der Waals surface area contributed by atoms with Crippen LogP contribution in [0.5, 0.6) is 0 Å². The van der Waals surface area contributed by atoms with E-state index in [1.165, 1.54) is 61.1 Å². The molecule has 1 aliphatic carbocycles. The third kappa shape index (κ3) is 2.97. The van der Waals surface area contributed by atoms with Crippen molar-refractivity contribution in [2.75, 3.05) is 53.4 Å². The molecule has 2 nitrogen and oxygen atoms in total. The van der Waals surface area contributed by atoms with Gasteiger partial charge in [0.25, 0.3) is 0 Å². The summed E-state index contributed by atoms with van der Waals surface area (Å²) in [6.45, 7) is 12.7. The first-order chi connectivity index (χ1) is 8.50.